The highest BCUT2D eigenvalue weighted by molar-refractivity contribution is 5.92. The number of benzene rings is 1. The van der Waals surface area contributed by atoms with Crippen LogP contribution in [0.25, 0.3) is 0 Å². The van der Waals surface area contributed by atoms with Crippen LogP contribution in [0.2, 0.25) is 0 Å². The lowest BCUT2D eigenvalue weighted by molar-refractivity contribution is -0.146. The van der Waals surface area contributed by atoms with Crippen molar-refractivity contribution in [1.29, 1.82) is 0 Å². The lowest BCUT2D eigenvalue weighted by Gasteiger charge is -2.23. The molecule has 126 valence electrons. The molecule has 1 atom stereocenters. The summed E-state index contributed by atoms with van der Waals surface area (Å²) in [6.45, 7) is 6.30. The van der Waals surface area contributed by atoms with Gasteiger partial charge in [0.2, 0.25) is 0 Å². The number of urea groups is 1. The molecule has 0 aliphatic carbocycles. The monoisotopic (exact) mass is 319 g/mol. The SMILES string of the molecule is Cc1cc(N(C)C)cc(C)c1NC(=O)N1CCC(C)(C(=O)O)C1. The summed E-state index contributed by atoms with van der Waals surface area (Å²) in [6, 6.07) is 3.81. The van der Waals surface area contributed by atoms with Crippen molar-refractivity contribution in [3.05, 3.63) is 23.3 Å². The number of amides is 2. The first-order valence-electron chi connectivity index (χ1n) is 7.72. The number of carbonyl (C=O) groups excluding carboxylic acids is 1. The fourth-order valence-corrected chi connectivity index (χ4v) is 2.89. The lowest BCUT2D eigenvalue weighted by atomic mass is 9.90. The molecule has 1 aliphatic heterocycles. The Labute approximate surface area is 137 Å². The maximum atomic E-state index is 12.5. The molecular weight excluding hydrogens is 294 g/mol. The van der Waals surface area contributed by atoms with Gasteiger partial charge in [-0.3, -0.25) is 4.79 Å². The predicted molar refractivity (Wildman–Crippen MR) is 91.2 cm³/mol. The molecule has 0 spiro atoms. The topological polar surface area (TPSA) is 72.9 Å². The van der Waals surface area contributed by atoms with Gasteiger partial charge < -0.3 is 20.2 Å². The molecule has 0 saturated carbocycles. The molecule has 1 aliphatic rings. The van der Waals surface area contributed by atoms with Gasteiger partial charge in [0.15, 0.2) is 0 Å². The Balaban J connectivity index is 2.14. The maximum absolute atomic E-state index is 12.5. The molecule has 1 aromatic rings. The number of hydrogen-bond acceptors (Lipinski definition) is 3. The van der Waals surface area contributed by atoms with E-state index in [4.69, 9.17) is 0 Å². The summed E-state index contributed by atoms with van der Waals surface area (Å²) in [5, 5.41) is 12.2. The van der Waals surface area contributed by atoms with E-state index in [2.05, 4.69) is 5.32 Å². The third-order valence-corrected chi connectivity index (χ3v) is 4.54. The quantitative estimate of drug-likeness (QED) is 0.898. The van der Waals surface area contributed by atoms with Gasteiger partial charge in [-0.05, 0) is 50.5 Å². The third kappa shape index (κ3) is 3.41. The number of hydrogen-bond donors (Lipinski definition) is 2. The fourth-order valence-electron chi connectivity index (χ4n) is 2.89. The molecule has 1 heterocycles. The Kier molecular flexibility index (Phi) is 4.54. The van der Waals surface area contributed by atoms with Crippen molar-refractivity contribution in [3.63, 3.8) is 0 Å². The van der Waals surface area contributed by atoms with Crippen molar-refractivity contribution < 1.29 is 14.7 Å². The van der Waals surface area contributed by atoms with Gasteiger partial charge >= 0.3 is 12.0 Å². The van der Waals surface area contributed by atoms with Gasteiger partial charge in [0, 0.05) is 38.6 Å². The molecule has 23 heavy (non-hydrogen) atoms. The smallest absolute Gasteiger partial charge is 0.321 e. The lowest BCUT2D eigenvalue weighted by Crippen LogP contribution is -2.37. The number of aryl methyl sites for hydroxylation is 2. The van der Waals surface area contributed by atoms with Crippen LogP contribution in [0.1, 0.15) is 24.5 Å². The molecule has 0 radical (unpaired) electrons. The number of nitrogens with zero attached hydrogens (tertiary/aromatic N) is 2. The summed E-state index contributed by atoms with van der Waals surface area (Å²) < 4.78 is 0. The summed E-state index contributed by atoms with van der Waals surface area (Å²) in [4.78, 5) is 27.4. The summed E-state index contributed by atoms with van der Waals surface area (Å²) in [5.41, 5.74) is 3.00. The Bertz CT molecular complexity index is 619. The highest BCUT2D eigenvalue weighted by atomic mass is 16.4. The van der Waals surface area contributed by atoms with Crippen LogP contribution in [0, 0.1) is 19.3 Å². The van der Waals surface area contributed by atoms with Crippen LogP contribution < -0.4 is 10.2 Å². The molecule has 6 nitrogen and oxygen atoms in total. The predicted octanol–water partition coefficient (Wildman–Crippen LogP) is 2.70. The van der Waals surface area contributed by atoms with E-state index in [1.807, 2.05) is 45.0 Å². The molecule has 1 unspecified atom stereocenters. The van der Waals surface area contributed by atoms with E-state index >= 15 is 0 Å². The summed E-state index contributed by atoms with van der Waals surface area (Å²) >= 11 is 0. The molecule has 1 saturated heterocycles. The average molecular weight is 319 g/mol. The van der Waals surface area contributed by atoms with Crippen LogP contribution >= 0.6 is 0 Å². The third-order valence-electron chi connectivity index (χ3n) is 4.54. The van der Waals surface area contributed by atoms with Gasteiger partial charge in [-0.15, -0.1) is 0 Å². The van der Waals surface area contributed by atoms with Crippen LogP contribution in [0.4, 0.5) is 16.2 Å². The summed E-state index contributed by atoms with van der Waals surface area (Å²) in [6.07, 6.45) is 0.479. The van der Waals surface area contributed by atoms with Gasteiger partial charge in [-0.1, -0.05) is 0 Å². The molecule has 1 fully saturated rings. The van der Waals surface area contributed by atoms with Gasteiger partial charge in [0.05, 0.1) is 5.41 Å². The van der Waals surface area contributed by atoms with E-state index in [-0.39, 0.29) is 12.6 Å². The van der Waals surface area contributed by atoms with Gasteiger partial charge in [-0.2, -0.15) is 0 Å². The fraction of sp³-hybridized carbons (Fsp3) is 0.529. The zero-order valence-corrected chi connectivity index (χ0v) is 14.4. The van der Waals surface area contributed by atoms with Crippen LogP contribution in [0.15, 0.2) is 12.1 Å². The van der Waals surface area contributed by atoms with Gasteiger partial charge in [0.1, 0.15) is 0 Å². The Morgan fingerprint density at radius 3 is 2.26 bits per heavy atom. The van der Waals surface area contributed by atoms with Crippen molar-refractivity contribution in [2.24, 2.45) is 5.41 Å². The highest BCUT2D eigenvalue weighted by Gasteiger charge is 2.42. The summed E-state index contributed by atoms with van der Waals surface area (Å²) in [7, 11) is 3.95. The molecule has 0 bridgehead atoms. The standard InChI is InChI=1S/C17H25N3O3/c1-11-8-13(19(4)5)9-12(2)14(11)18-16(23)20-7-6-17(3,10-20)15(21)22/h8-9H,6-7,10H2,1-5H3,(H,18,23)(H,21,22). The first kappa shape index (κ1) is 17.1. The average Bonchev–Trinajstić information content (AvgIpc) is 2.86. The molecule has 1 aromatic carbocycles. The minimum atomic E-state index is -0.851. The van der Waals surface area contributed by atoms with Gasteiger partial charge in [0.25, 0.3) is 0 Å². The second-order valence-electron chi connectivity index (χ2n) is 6.82. The highest BCUT2D eigenvalue weighted by Crippen LogP contribution is 2.31. The number of carboxylic acids is 1. The van der Waals surface area contributed by atoms with Gasteiger partial charge in [-0.25, -0.2) is 4.79 Å². The molecule has 6 heteroatoms. The normalized spacial score (nSPS) is 20.5. The second kappa shape index (κ2) is 6.10. The van der Waals surface area contributed by atoms with E-state index in [1.165, 1.54) is 0 Å². The Morgan fingerprint density at radius 1 is 1.26 bits per heavy atom. The number of likely N-dealkylation sites (tertiary alicyclic amines) is 1. The number of carbonyl (C=O) groups is 2. The van der Waals surface area contributed by atoms with Crippen molar-refractivity contribution >= 4 is 23.4 Å². The van der Waals surface area contributed by atoms with Crippen LogP contribution in [0.3, 0.4) is 0 Å². The Hall–Kier alpha value is -2.24. The zero-order valence-electron chi connectivity index (χ0n) is 14.4. The number of nitrogens with one attached hydrogen (secondary N) is 1. The molecular formula is C17H25N3O3. The maximum Gasteiger partial charge on any atom is 0.321 e. The van der Waals surface area contributed by atoms with E-state index in [1.54, 1.807) is 11.8 Å². The minimum absolute atomic E-state index is 0.237. The van der Waals surface area contributed by atoms with E-state index in [0.29, 0.717) is 13.0 Å². The molecule has 2 rings (SSSR count). The van der Waals surface area contributed by atoms with Crippen molar-refractivity contribution in [2.75, 3.05) is 37.4 Å². The minimum Gasteiger partial charge on any atom is -0.481 e. The van der Waals surface area contributed by atoms with Crippen LogP contribution in [-0.4, -0.2) is 49.2 Å². The van der Waals surface area contributed by atoms with Crippen molar-refractivity contribution in [1.82, 2.24) is 4.90 Å². The number of aliphatic carboxylic acids is 1. The van der Waals surface area contributed by atoms with E-state index < -0.39 is 11.4 Å². The molecule has 0 aromatic heterocycles. The zero-order chi connectivity index (χ0) is 17.4. The van der Waals surface area contributed by atoms with E-state index in [0.717, 1.165) is 22.5 Å². The van der Waals surface area contributed by atoms with Crippen LogP contribution in [-0.2, 0) is 4.79 Å². The first-order valence-corrected chi connectivity index (χ1v) is 7.72. The number of anilines is 2. The summed E-state index contributed by atoms with van der Waals surface area (Å²) in [5.74, 6) is -0.851. The number of rotatable bonds is 3. The molecule has 2 N–H and O–H groups in total. The molecule has 2 amide bonds. The van der Waals surface area contributed by atoms with Crippen molar-refractivity contribution in [2.45, 2.75) is 27.2 Å². The first-order chi connectivity index (χ1) is 10.6. The number of carboxylic acid groups (broad SMARTS) is 1. The Morgan fingerprint density at radius 2 is 1.83 bits per heavy atom. The van der Waals surface area contributed by atoms with E-state index in [9.17, 15) is 14.7 Å². The second-order valence-corrected chi connectivity index (χ2v) is 6.82. The van der Waals surface area contributed by atoms with Crippen LogP contribution in [0.5, 0.6) is 0 Å². The largest absolute Gasteiger partial charge is 0.481 e. The van der Waals surface area contributed by atoms with Crippen molar-refractivity contribution in [3.8, 4) is 0 Å².